The summed E-state index contributed by atoms with van der Waals surface area (Å²) in [7, 11) is -4.18. The van der Waals surface area contributed by atoms with Crippen molar-refractivity contribution < 1.29 is 22.5 Å². The highest BCUT2D eigenvalue weighted by atomic mass is 32.2. The first-order chi connectivity index (χ1) is 9.40. The summed E-state index contributed by atoms with van der Waals surface area (Å²) < 4.78 is 29.2. The fourth-order valence-corrected chi connectivity index (χ4v) is 2.75. The fraction of sp³-hybridized carbons (Fsp3) is 0.0714. The second kappa shape index (κ2) is 5.34. The van der Waals surface area contributed by atoms with Gasteiger partial charge in [0.25, 0.3) is 0 Å². The van der Waals surface area contributed by atoms with Crippen LogP contribution in [0.2, 0.25) is 0 Å². The summed E-state index contributed by atoms with van der Waals surface area (Å²) in [6.45, 7) is 1.86. The van der Waals surface area contributed by atoms with E-state index >= 15 is 0 Å². The van der Waals surface area contributed by atoms with Gasteiger partial charge in [-0.1, -0.05) is 29.8 Å². The van der Waals surface area contributed by atoms with Crippen LogP contribution in [0.1, 0.15) is 15.9 Å². The Labute approximate surface area is 116 Å². The molecule has 0 aliphatic rings. The Balaban J connectivity index is 2.41. The number of aromatic carboxylic acids is 1. The van der Waals surface area contributed by atoms with E-state index in [1.807, 2.05) is 6.92 Å². The molecule has 0 aromatic heterocycles. The minimum Gasteiger partial charge on any atom is -0.478 e. The first-order valence-electron chi connectivity index (χ1n) is 5.73. The third kappa shape index (κ3) is 2.97. The lowest BCUT2D eigenvalue weighted by Crippen LogP contribution is -2.14. The highest BCUT2D eigenvalue weighted by Gasteiger charge is 2.23. The SMILES string of the molecule is Cc1ccc(OS(=O)(=O)c2ccccc2C(=O)O)cc1. The molecule has 0 radical (unpaired) electrons. The van der Waals surface area contributed by atoms with Crippen LogP contribution in [-0.4, -0.2) is 19.5 Å². The van der Waals surface area contributed by atoms with Crippen molar-refractivity contribution in [2.75, 3.05) is 0 Å². The number of rotatable bonds is 4. The van der Waals surface area contributed by atoms with Gasteiger partial charge in [-0.25, -0.2) is 4.79 Å². The lowest BCUT2D eigenvalue weighted by Gasteiger charge is -2.09. The second-order valence-corrected chi connectivity index (χ2v) is 5.67. The summed E-state index contributed by atoms with van der Waals surface area (Å²) in [6, 6.07) is 11.7. The van der Waals surface area contributed by atoms with E-state index in [0.29, 0.717) is 0 Å². The average molecular weight is 292 g/mol. The lowest BCUT2D eigenvalue weighted by molar-refractivity contribution is 0.0692. The van der Waals surface area contributed by atoms with Crippen LogP contribution in [-0.2, 0) is 10.1 Å². The van der Waals surface area contributed by atoms with Crippen molar-refractivity contribution in [3.63, 3.8) is 0 Å². The Morgan fingerprint density at radius 3 is 2.25 bits per heavy atom. The molecular weight excluding hydrogens is 280 g/mol. The van der Waals surface area contributed by atoms with Crippen molar-refractivity contribution in [2.45, 2.75) is 11.8 Å². The maximum Gasteiger partial charge on any atom is 0.340 e. The molecule has 20 heavy (non-hydrogen) atoms. The molecule has 0 spiro atoms. The first-order valence-corrected chi connectivity index (χ1v) is 7.14. The molecule has 0 amide bonds. The summed E-state index contributed by atoms with van der Waals surface area (Å²) in [5.41, 5.74) is 0.639. The highest BCUT2D eigenvalue weighted by Crippen LogP contribution is 2.21. The molecule has 2 aromatic rings. The van der Waals surface area contributed by atoms with Crippen molar-refractivity contribution in [1.82, 2.24) is 0 Å². The molecule has 6 heteroatoms. The third-order valence-corrected chi connectivity index (χ3v) is 3.92. The van der Waals surface area contributed by atoms with Gasteiger partial charge in [0.2, 0.25) is 0 Å². The van der Waals surface area contributed by atoms with E-state index < -0.39 is 16.1 Å². The van der Waals surface area contributed by atoms with Gasteiger partial charge < -0.3 is 9.29 Å². The Kier molecular flexibility index (Phi) is 3.76. The molecule has 0 heterocycles. The zero-order chi connectivity index (χ0) is 14.8. The number of hydrogen-bond acceptors (Lipinski definition) is 4. The van der Waals surface area contributed by atoms with E-state index in [-0.39, 0.29) is 16.2 Å². The normalized spacial score (nSPS) is 11.1. The number of hydrogen-bond donors (Lipinski definition) is 1. The van der Waals surface area contributed by atoms with Crippen LogP contribution in [0, 0.1) is 6.92 Å². The highest BCUT2D eigenvalue weighted by molar-refractivity contribution is 7.87. The molecule has 5 nitrogen and oxygen atoms in total. The van der Waals surface area contributed by atoms with Crippen LogP contribution in [0.5, 0.6) is 5.75 Å². The van der Waals surface area contributed by atoms with Gasteiger partial charge in [-0.3, -0.25) is 0 Å². The third-order valence-electron chi connectivity index (χ3n) is 2.61. The molecule has 0 fully saturated rings. The van der Waals surface area contributed by atoms with Gasteiger partial charge in [-0.15, -0.1) is 0 Å². The van der Waals surface area contributed by atoms with Gasteiger partial charge in [-0.05, 0) is 31.2 Å². The van der Waals surface area contributed by atoms with Crippen molar-refractivity contribution in [3.05, 3.63) is 59.7 Å². The van der Waals surface area contributed by atoms with Crippen molar-refractivity contribution >= 4 is 16.1 Å². The molecule has 0 atom stereocenters. The molecule has 2 aromatic carbocycles. The van der Waals surface area contributed by atoms with Crippen LogP contribution in [0.25, 0.3) is 0 Å². The Morgan fingerprint density at radius 2 is 1.65 bits per heavy atom. The number of benzene rings is 2. The van der Waals surface area contributed by atoms with Gasteiger partial charge in [0.1, 0.15) is 10.6 Å². The molecule has 0 aliphatic carbocycles. The molecule has 104 valence electrons. The molecule has 0 aliphatic heterocycles. The van der Waals surface area contributed by atoms with Crippen LogP contribution in [0.15, 0.2) is 53.4 Å². The van der Waals surface area contributed by atoms with E-state index in [1.54, 1.807) is 12.1 Å². The average Bonchev–Trinajstić information content (AvgIpc) is 2.41. The lowest BCUT2D eigenvalue weighted by atomic mass is 10.2. The Hall–Kier alpha value is -2.34. The monoisotopic (exact) mass is 292 g/mol. The van der Waals surface area contributed by atoms with E-state index in [1.165, 1.54) is 36.4 Å². The molecule has 2 rings (SSSR count). The van der Waals surface area contributed by atoms with E-state index in [9.17, 15) is 13.2 Å². The van der Waals surface area contributed by atoms with Gasteiger partial charge in [0.05, 0.1) is 5.56 Å². The quantitative estimate of drug-likeness (QED) is 0.875. The van der Waals surface area contributed by atoms with Gasteiger partial charge >= 0.3 is 16.1 Å². The molecule has 1 N–H and O–H groups in total. The zero-order valence-electron chi connectivity index (χ0n) is 10.6. The summed E-state index contributed by atoms with van der Waals surface area (Å²) in [4.78, 5) is 10.7. The summed E-state index contributed by atoms with van der Waals surface area (Å²) in [5.74, 6) is -1.19. The second-order valence-electron chi connectivity index (χ2n) is 4.15. The van der Waals surface area contributed by atoms with Crippen molar-refractivity contribution in [3.8, 4) is 5.75 Å². The van der Waals surface area contributed by atoms with Crippen LogP contribution in [0.3, 0.4) is 0 Å². The van der Waals surface area contributed by atoms with Gasteiger partial charge in [-0.2, -0.15) is 8.42 Å². The Morgan fingerprint density at radius 1 is 1.05 bits per heavy atom. The summed E-state index contributed by atoms with van der Waals surface area (Å²) in [6.07, 6.45) is 0. The molecule has 0 saturated carbocycles. The summed E-state index contributed by atoms with van der Waals surface area (Å²) in [5, 5.41) is 9.01. The Bertz CT molecular complexity index is 732. The minimum absolute atomic E-state index is 0.135. The predicted octanol–water partition coefficient (Wildman–Crippen LogP) is 2.46. The van der Waals surface area contributed by atoms with E-state index in [4.69, 9.17) is 9.29 Å². The van der Waals surface area contributed by atoms with Crippen LogP contribution >= 0.6 is 0 Å². The maximum absolute atomic E-state index is 12.1. The topological polar surface area (TPSA) is 80.7 Å². The van der Waals surface area contributed by atoms with Crippen LogP contribution in [0.4, 0.5) is 0 Å². The van der Waals surface area contributed by atoms with Gasteiger partial charge in [0.15, 0.2) is 0 Å². The minimum atomic E-state index is -4.18. The first kappa shape index (κ1) is 14.1. The largest absolute Gasteiger partial charge is 0.478 e. The number of carboxylic acids is 1. The number of carbonyl (C=O) groups is 1. The predicted molar refractivity (Wildman–Crippen MR) is 72.4 cm³/mol. The molecular formula is C14H12O5S. The van der Waals surface area contributed by atoms with E-state index in [0.717, 1.165) is 5.56 Å². The molecule has 0 unspecified atom stereocenters. The standard InChI is InChI=1S/C14H12O5S/c1-10-6-8-11(9-7-10)19-20(17,18)13-5-3-2-4-12(13)14(15)16/h2-9H,1H3,(H,15,16). The van der Waals surface area contributed by atoms with Crippen LogP contribution < -0.4 is 4.18 Å². The fourth-order valence-electron chi connectivity index (χ4n) is 1.63. The number of carboxylic acid groups (broad SMARTS) is 1. The molecule has 0 saturated heterocycles. The van der Waals surface area contributed by atoms with Gasteiger partial charge in [0, 0.05) is 0 Å². The maximum atomic E-state index is 12.1. The zero-order valence-corrected chi connectivity index (χ0v) is 11.4. The van der Waals surface area contributed by atoms with Crippen molar-refractivity contribution in [2.24, 2.45) is 0 Å². The van der Waals surface area contributed by atoms with E-state index in [2.05, 4.69) is 0 Å². The van der Waals surface area contributed by atoms with Crippen molar-refractivity contribution in [1.29, 1.82) is 0 Å². The number of aryl methyl sites for hydroxylation is 1. The smallest absolute Gasteiger partial charge is 0.340 e. The molecule has 0 bridgehead atoms. The summed E-state index contributed by atoms with van der Waals surface area (Å²) >= 11 is 0.